The summed E-state index contributed by atoms with van der Waals surface area (Å²) >= 11 is 0. The molecule has 3 rings (SSSR count). The van der Waals surface area contributed by atoms with Crippen LogP contribution in [-0.4, -0.2) is 22.6 Å². The molecule has 0 atom stereocenters. The number of ether oxygens (including phenoxy) is 2. The average Bonchev–Trinajstić information content (AvgIpc) is 3.08. The van der Waals surface area contributed by atoms with Gasteiger partial charge in [-0.3, -0.25) is 14.9 Å². The van der Waals surface area contributed by atoms with Crippen molar-refractivity contribution in [2.45, 2.75) is 0 Å². The van der Waals surface area contributed by atoms with Crippen LogP contribution in [0.3, 0.4) is 0 Å². The molecule has 0 fully saturated rings. The van der Waals surface area contributed by atoms with Crippen molar-refractivity contribution in [2.24, 2.45) is 0 Å². The van der Waals surface area contributed by atoms with E-state index in [4.69, 9.17) is 9.47 Å². The van der Waals surface area contributed by atoms with Crippen molar-refractivity contribution in [1.29, 1.82) is 0 Å². The van der Waals surface area contributed by atoms with Gasteiger partial charge in [-0.15, -0.1) is 0 Å². The number of anilines is 1. The number of hydrogen-bond donors (Lipinski definition) is 2. The maximum atomic E-state index is 11.9. The topological polar surface area (TPSA) is 106 Å². The Kier molecular flexibility index (Phi) is 2.75. The van der Waals surface area contributed by atoms with Gasteiger partial charge in [0.25, 0.3) is 11.6 Å². The van der Waals surface area contributed by atoms with E-state index in [9.17, 15) is 14.9 Å². The molecule has 1 aliphatic heterocycles. The molecular formula is C12H9N3O5. The molecule has 0 saturated heterocycles. The number of nitrogens with one attached hydrogen (secondary N) is 2. The van der Waals surface area contributed by atoms with Crippen LogP contribution in [0.15, 0.2) is 30.5 Å². The second-order valence-corrected chi connectivity index (χ2v) is 4.02. The first-order valence-corrected chi connectivity index (χ1v) is 5.68. The molecule has 1 aromatic heterocycles. The molecule has 102 valence electrons. The van der Waals surface area contributed by atoms with Crippen LogP contribution < -0.4 is 14.8 Å². The summed E-state index contributed by atoms with van der Waals surface area (Å²) in [5, 5.41) is 13.5. The van der Waals surface area contributed by atoms with E-state index in [1.807, 2.05) is 0 Å². The Balaban J connectivity index is 1.96. The highest BCUT2D eigenvalue weighted by Crippen LogP contribution is 2.40. The highest BCUT2D eigenvalue weighted by Gasteiger charge is 2.24. The lowest BCUT2D eigenvalue weighted by Crippen LogP contribution is -2.13. The molecule has 2 heterocycles. The summed E-state index contributed by atoms with van der Waals surface area (Å²) in [4.78, 5) is 25.1. The molecule has 0 radical (unpaired) electrons. The minimum absolute atomic E-state index is 0.000512. The zero-order valence-corrected chi connectivity index (χ0v) is 10.1. The van der Waals surface area contributed by atoms with Crippen molar-refractivity contribution < 1.29 is 19.2 Å². The minimum atomic E-state index is -0.591. The molecule has 0 spiro atoms. The summed E-state index contributed by atoms with van der Waals surface area (Å²) in [6, 6.07) is 5.82. The molecule has 20 heavy (non-hydrogen) atoms. The summed E-state index contributed by atoms with van der Waals surface area (Å²) in [6.45, 7) is 0.000512. The molecule has 0 aliphatic carbocycles. The smallest absolute Gasteiger partial charge is 0.296 e. The molecule has 1 aliphatic rings. The Morgan fingerprint density at radius 3 is 2.75 bits per heavy atom. The lowest BCUT2D eigenvalue weighted by molar-refractivity contribution is -0.384. The molecule has 0 unspecified atom stereocenters. The highest BCUT2D eigenvalue weighted by molar-refractivity contribution is 6.04. The fraction of sp³-hybridized carbons (Fsp3) is 0.0833. The standard InChI is InChI=1S/C12H9N3O5/c16-12(7-2-1-3-13-7)14-8-4-10-11(20-6-19-10)5-9(8)15(17)18/h1-5,13H,6H2,(H,14,16). The monoisotopic (exact) mass is 275 g/mol. The zero-order chi connectivity index (χ0) is 14.1. The zero-order valence-electron chi connectivity index (χ0n) is 10.1. The van der Waals surface area contributed by atoms with Crippen LogP contribution in [0.5, 0.6) is 11.5 Å². The Hall–Kier alpha value is -3.03. The van der Waals surface area contributed by atoms with Crippen LogP contribution in [0.4, 0.5) is 11.4 Å². The number of aromatic nitrogens is 1. The van der Waals surface area contributed by atoms with Crippen molar-refractivity contribution in [3.8, 4) is 11.5 Å². The first-order chi connectivity index (χ1) is 9.65. The van der Waals surface area contributed by atoms with Gasteiger partial charge in [-0.05, 0) is 12.1 Å². The number of nitrogens with zero attached hydrogens (tertiary/aromatic N) is 1. The van der Waals surface area contributed by atoms with E-state index in [-0.39, 0.29) is 23.9 Å². The SMILES string of the molecule is O=C(Nc1cc2c(cc1[N+](=O)[O-])OCO2)c1ccc[nH]1. The molecule has 8 nitrogen and oxygen atoms in total. The third-order valence-electron chi connectivity index (χ3n) is 2.78. The van der Waals surface area contributed by atoms with Crippen LogP contribution in [0.25, 0.3) is 0 Å². The van der Waals surface area contributed by atoms with Gasteiger partial charge in [0.15, 0.2) is 11.5 Å². The third kappa shape index (κ3) is 2.03. The molecular weight excluding hydrogens is 266 g/mol. The van der Waals surface area contributed by atoms with E-state index < -0.39 is 10.8 Å². The van der Waals surface area contributed by atoms with Crippen molar-refractivity contribution >= 4 is 17.3 Å². The van der Waals surface area contributed by atoms with Crippen LogP contribution in [0.2, 0.25) is 0 Å². The number of nitro benzene ring substituents is 1. The van der Waals surface area contributed by atoms with Crippen LogP contribution in [-0.2, 0) is 0 Å². The van der Waals surface area contributed by atoms with Crippen molar-refractivity contribution in [3.05, 3.63) is 46.3 Å². The number of carbonyl (C=O) groups is 1. The van der Waals surface area contributed by atoms with Gasteiger partial charge >= 0.3 is 0 Å². The van der Waals surface area contributed by atoms with E-state index in [2.05, 4.69) is 10.3 Å². The number of rotatable bonds is 3. The lowest BCUT2D eigenvalue weighted by atomic mass is 10.2. The molecule has 0 bridgehead atoms. The average molecular weight is 275 g/mol. The summed E-state index contributed by atoms with van der Waals surface area (Å²) in [6.07, 6.45) is 1.59. The van der Waals surface area contributed by atoms with Gasteiger partial charge in [0.1, 0.15) is 11.4 Å². The predicted molar refractivity (Wildman–Crippen MR) is 68.0 cm³/mol. The third-order valence-corrected chi connectivity index (χ3v) is 2.78. The Morgan fingerprint density at radius 2 is 2.10 bits per heavy atom. The minimum Gasteiger partial charge on any atom is -0.454 e. The van der Waals surface area contributed by atoms with Gasteiger partial charge in [0, 0.05) is 12.3 Å². The van der Waals surface area contributed by atoms with Gasteiger partial charge in [-0.25, -0.2) is 0 Å². The van der Waals surface area contributed by atoms with Gasteiger partial charge in [0.05, 0.1) is 11.0 Å². The first-order valence-electron chi connectivity index (χ1n) is 5.68. The lowest BCUT2D eigenvalue weighted by Gasteiger charge is -2.06. The van der Waals surface area contributed by atoms with Gasteiger partial charge in [-0.2, -0.15) is 0 Å². The summed E-state index contributed by atoms with van der Waals surface area (Å²) in [7, 11) is 0. The fourth-order valence-electron chi connectivity index (χ4n) is 1.84. The number of carbonyl (C=O) groups excluding carboxylic acids is 1. The van der Waals surface area contributed by atoms with Crippen LogP contribution in [0.1, 0.15) is 10.5 Å². The first kappa shape index (κ1) is 12.0. The molecule has 0 saturated carbocycles. The van der Waals surface area contributed by atoms with Crippen LogP contribution in [0, 0.1) is 10.1 Å². The number of hydrogen-bond acceptors (Lipinski definition) is 5. The second-order valence-electron chi connectivity index (χ2n) is 4.02. The molecule has 8 heteroatoms. The highest BCUT2D eigenvalue weighted by atomic mass is 16.7. The maximum Gasteiger partial charge on any atom is 0.296 e. The maximum absolute atomic E-state index is 11.9. The number of amides is 1. The Morgan fingerprint density at radius 1 is 1.35 bits per heavy atom. The quantitative estimate of drug-likeness (QED) is 0.657. The van der Waals surface area contributed by atoms with Gasteiger partial charge in [-0.1, -0.05) is 0 Å². The van der Waals surface area contributed by atoms with Crippen LogP contribution >= 0.6 is 0 Å². The number of fused-ring (bicyclic) bond motifs is 1. The van der Waals surface area contributed by atoms with Crippen molar-refractivity contribution in [1.82, 2.24) is 4.98 Å². The van der Waals surface area contributed by atoms with E-state index in [1.165, 1.54) is 12.1 Å². The summed E-state index contributed by atoms with van der Waals surface area (Å²) < 4.78 is 10.2. The fourth-order valence-corrected chi connectivity index (χ4v) is 1.84. The number of benzene rings is 1. The van der Waals surface area contributed by atoms with E-state index >= 15 is 0 Å². The van der Waals surface area contributed by atoms with Gasteiger partial charge in [0.2, 0.25) is 6.79 Å². The van der Waals surface area contributed by atoms with E-state index in [1.54, 1.807) is 18.3 Å². The largest absolute Gasteiger partial charge is 0.454 e. The second kappa shape index (κ2) is 4.57. The number of aromatic amines is 1. The van der Waals surface area contributed by atoms with E-state index in [0.29, 0.717) is 11.4 Å². The predicted octanol–water partition coefficient (Wildman–Crippen LogP) is 1.90. The summed E-state index contributed by atoms with van der Waals surface area (Å²) in [5.74, 6) is 0.170. The Labute approximate surface area is 112 Å². The van der Waals surface area contributed by atoms with Crippen molar-refractivity contribution in [2.75, 3.05) is 12.1 Å². The number of H-pyrrole nitrogens is 1. The molecule has 2 aromatic rings. The Bertz CT molecular complexity index is 681. The molecule has 2 N–H and O–H groups in total. The van der Waals surface area contributed by atoms with Crippen molar-refractivity contribution in [3.63, 3.8) is 0 Å². The number of nitro groups is 1. The summed E-state index contributed by atoms with van der Waals surface area (Å²) in [5.41, 5.74) is 0.102. The van der Waals surface area contributed by atoms with Gasteiger partial charge < -0.3 is 19.8 Å². The normalized spacial score (nSPS) is 12.2. The van der Waals surface area contributed by atoms with E-state index in [0.717, 1.165) is 0 Å². The molecule has 1 aromatic carbocycles. The molecule has 1 amide bonds.